The van der Waals surface area contributed by atoms with Crippen molar-refractivity contribution in [3.8, 4) is 0 Å². The maximum Gasteiger partial charge on any atom is 0.191 e. The summed E-state index contributed by atoms with van der Waals surface area (Å²) in [5.41, 5.74) is 2.50. The third-order valence-corrected chi connectivity index (χ3v) is 4.78. The fourth-order valence-electron chi connectivity index (χ4n) is 2.32. The van der Waals surface area contributed by atoms with Crippen LogP contribution in [0, 0.1) is 13.8 Å². The van der Waals surface area contributed by atoms with Crippen molar-refractivity contribution in [1.82, 2.24) is 25.4 Å². The van der Waals surface area contributed by atoms with Crippen molar-refractivity contribution < 1.29 is 0 Å². The summed E-state index contributed by atoms with van der Waals surface area (Å²) >= 11 is 1.86. The van der Waals surface area contributed by atoms with Crippen LogP contribution in [0.1, 0.15) is 29.2 Å². The fraction of sp³-hybridized carbons (Fsp3) is 0.500. The Balaban J connectivity index is 0.00000338. The maximum absolute atomic E-state index is 4.73. The molecular formula is C18H29IN6S. The highest BCUT2D eigenvalue weighted by Gasteiger charge is 2.06. The van der Waals surface area contributed by atoms with E-state index in [0.717, 1.165) is 36.3 Å². The standard InChI is InChI=1S/C18H28N6S.HI/c1-14-8-5-6-9-16(14)12-20-18(19-10-7-11-25-4)21-13-17-23-22-15(2)24(17)3;/h5-6,8-9H,7,10-13H2,1-4H3,(H2,19,20,21);1H. The van der Waals surface area contributed by atoms with Crippen LogP contribution in [0.3, 0.4) is 0 Å². The van der Waals surface area contributed by atoms with E-state index < -0.39 is 0 Å². The lowest BCUT2D eigenvalue weighted by atomic mass is 10.1. The van der Waals surface area contributed by atoms with E-state index in [0.29, 0.717) is 13.1 Å². The molecule has 8 heteroatoms. The molecule has 0 saturated carbocycles. The lowest BCUT2D eigenvalue weighted by Gasteiger charge is -2.13. The van der Waals surface area contributed by atoms with Crippen molar-refractivity contribution in [1.29, 1.82) is 0 Å². The van der Waals surface area contributed by atoms with Crippen LogP contribution in [-0.4, -0.2) is 39.3 Å². The molecule has 26 heavy (non-hydrogen) atoms. The minimum absolute atomic E-state index is 0. The van der Waals surface area contributed by atoms with E-state index in [9.17, 15) is 0 Å². The van der Waals surface area contributed by atoms with Crippen molar-refractivity contribution in [2.24, 2.45) is 12.0 Å². The molecule has 0 amide bonds. The Labute approximate surface area is 177 Å². The molecule has 1 aromatic carbocycles. The van der Waals surface area contributed by atoms with Crippen LogP contribution in [-0.2, 0) is 20.1 Å². The molecule has 0 radical (unpaired) electrons. The van der Waals surface area contributed by atoms with Crippen LogP contribution < -0.4 is 10.6 Å². The first-order chi connectivity index (χ1) is 12.1. The molecule has 2 aromatic rings. The van der Waals surface area contributed by atoms with Gasteiger partial charge in [0.15, 0.2) is 11.8 Å². The zero-order valence-electron chi connectivity index (χ0n) is 16.0. The lowest BCUT2D eigenvalue weighted by molar-refractivity contribution is 0.711. The monoisotopic (exact) mass is 488 g/mol. The van der Waals surface area contributed by atoms with E-state index in [1.807, 2.05) is 30.3 Å². The van der Waals surface area contributed by atoms with Gasteiger partial charge in [0.2, 0.25) is 0 Å². The number of aromatic nitrogens is 3. The van der Waals surface area contributed by atoms with E-state index in [2.05, 4.69) is 58.3 Å². The smallest absolute Gasteiger partial charge is 0.191 e. The Kier molecular flexibility index (Phi) is 10.6. The number of aliphatic imine (C=N–C) groups is 1. The summed E-state index contributed by atoms with van der Waals surface area (Å²) in [7, 11) is 1.97. The van der Waals surface area contributed by atoms with Crippen LogP contribution in [0.5, 0.6) is 0 Å². The number of hydrogen-bond acceptors (Lipinski definition) is 4. The second-order valence-electron chi connectivity index (χ2n) is 5.94. The second-order valence-corrected chi connectivity index (χ2v) is 6.93. The second kappa shape index (κ2) is 12.2. The molecule has 0 spiro atoms. The van der Waals surface area contributed by atoms with Gasteiger partial charge in [0, 0.05) is 13.6 Å². The number of guanidine groups is 1. The van der Waals surface area contributed by atoms with Crippen molar-refractivity contribution in [3.63, 3.8) is 0 Å². The third-order valence-electron chi connectivity index (χ3n) is 4.08. The average molecular weight is 488 g/mol. The molecule has 0 aliphatic rings. The minimum atomic E-state index is 0. The molecule has 0 unspecified atom stereocenters. The Bertz CT molecular complexity index is 701. The van der Waals surface area contributed by atoms with E-state index in [-0.39, 0.29) is 24.0 Å². The molecular weight excluding hydrogens is 459 g/mol. The van der Waals surface area contributed by atoms with Crippen molar-refractivity contribution >= 4 is 41.7 Å². The van der Waals surface area contributed by atoms with Crippen LogP contribution >= 0.6 is 35.7 Å². The summed E-state index contributed by atoms with van der Waals surface area (Å²) in [6, 6.07) is 8.35. The zero-order chi connectivity index (χ0) is 18.1. The van der Waals surface area contributed by atoms with Gasteiger partial charge < -0.3 is 15.2 Å². The SMILES string of the molecule is CSCCCNC(=NCc1ccccc1C)NCc1nnc(C)n1C.I. The molecule has 0 aliphatic heterocycles. The first kappa shape index (κ1) is 22.8. The Morgan fingerprint density at radius 1 is 1.19 bits per heavy atom. The summed E-state index contributed by atoms with van der Waals surface area (Å²) in [6.07, 6.45) is 3.23. The Morgan fingerprint density at radius 2 is 1.96 bits per heavy atom. The summed E-state index contributed by atoms with van der Waals surface area (Å²) in [4.78, 5) is 4.73. The fourth-order valence-corrected chi connectivity index (χ4v) is 2.75. The van der Waals surface area contributed by atoms with E-state index in [1.54, 1.807) is 0 Å². The zero-order valence-corrected chi connectivity index (χ0v) is 19.1. The minimum Gasteiger partial charge on any atom is -0.356 e. The van der Waals surface area contributed by atoms with Gasteiger partial charge in [-0.3, -0.25) is 0 Å². The van der Waals surface area contributed by atoms with Gasteiger partial charge in [0.1, 0.15) is 5.82 Å². The van der Waals surface area contributed by atoms with Gasteiger partial charge in [-0.1, -0.05) is 24.3 Å². The van der Waals surface area contributed by atoms with Crippen molar-refractivity contribution in [2.45, 2.75) is 33.4 Å². The van der Waals surface area contributed by atoms with E-state index >= 15 is 0 Å². The third kappa shape index (κ3) is 7.14. The van der Waals surface area contributed by atoms with Gasteiger partial charge in [-0.05, 0) is 43.4 Å². The molecule has 0 bridgehead atoms. The molecule has 144 valence electrons. The van der Waals surface area contributed by atoms with Gasteiger partial charge in [-0.2, -0.15) is 11.8 Å². The topological polar surface area (TPSA) is 67.1 Å². The highest BCUT2D eigenvalue weighted by atomic mass is 127. The predicted molar refractivity (Wildman–Crippen MR) is 121 cm³/mol. The first-order valence-electron chi connectivity index (χ1n) is 8.52. The van der Waals surface area contributed by atoms with E-state index in [4.69, 9.17) is 4.99 Å². The molecule has 0 fully saturated rings. The van der Waals surface area contributed by atoms with Gasteiger partial charge >= 0.3 is 0 Å². The largest absolute Gasteiger partial charge is 0.356 e. The van der Waals surface area contributed by atoms with Gasteiger partial charge in [0.05, 0.1) is 13.1 Å². The number of aryl methyl sites for hydroxylation is 2. The molecule has 1 aromatic heterocycles. The molecule has 0 aliphatic carbocycles. The number of nitrogens with zero attached hydrogens (tertiary/aromatic N) is 4. The number of thioether (sulfide) groups is 1. The number of rotatable bonds is 8. The molecule has 0 atom stereocenters. The van der Waals surface area contributed by atoms with Crippen molar-refractivity contribution in [3.05, 3.63) is 47.0 Å². The Morgan fingerprint density at radius 3 is 2.62 bits per heavy atom. The van der Waals surface area contributed by atoms with Crippen LogP contribution in [0.15, 0.2) is 29.3 Å². The van der Waals surface area contributed by atoms with E-state index in [1.165, 1.54) is 11.1 Å². The Hall–Kier alpha value is -1.29. The number of hydrogen-bond donors (Lipinski definition) is 2. The summed E-state index contributed by atoms with van der Waals surface area (Å²) in [5, 5.41) is 15.1. The first-order valence-corrected chi connectivity index (χ1v) is 9.91. The molecule has 2 rings (SSSR count). The predicted octanol–water partition coefficient (Wildman–Crippen LogP) is 3.04. The van der Waals surface area contributed by atoms with Gasteiger partial charge in [-0.15, -0.1) is 34.2 Å². The lowest BCUT2D eigenvalue weighted by Crippen LogP contribution is -2.38. The summed E-state index contributed by atoms with van der Waals surface area (Å²) in [5.74, 6) is 3.75. The summed E-state index contributed by atoms with van der Waals surface area (Å²) in [6.45, 7) is 6.22. The van der Waals surface area contributed by atoms with Crippen LogP contribution in [0.2, 0.25) is 0 Å². The maximum atomic E-state index is 4.73. The average Bonchev–Trinajstić information content (AvgIpc) is 2.93. The van der Waals surface area contributed by atoms with Gasteiger partial charge in [-0.25, -0.2) is 4.99 Å². The molecule has 2 N–H and O–H groups in total. The van der Waals surface area contributed by atoms with Crippen LogP contribution in [0.4, 0.5) is 0 Å². The number of halogens is 1. The normalized spacial score (nSPS) is 11.2. The van der Waals surface area contributed by atoms with Crippen molar-refractivity contribution in [2.75, 3.05) is 18.6 Å². The van der Waals surface area contributed by atoms with Gasteiger partial charge in [0.25, 0.3) is 0 Å². The quantitative estimate of drug-likeness (QED) is 0.259. The summed E-state index contributed by atoms with van der Waals surface area (Å²) < 4.78 is 1.99. The molecule has 6 nitrogen and oxygen atoms in total. The molecule has 1 heterocycles. The number of nitrogens with one attached hydrogen (secondary N) is 2. The molecule has 0 saturated heterocycles. The highest BCUT2D eigenvalue weighted by Crippen LogP contribution is 2.08. The number of benzene rings is 1. The van der Waals surface area contributed by atoms with Crippen LogP contribution in [0.25, 0.3) is 0 Å². The highest BCUT2D eigenvalue weighted by molar-refractivity contribution is 14.0.